The third-order valence-electron chi connectivity index (χ3n) is 6.21. The van der Waals surface area contributed by atoms with E-state index in [9.17, 15) is 19.7 Å². The molecular formula is C25H30N2O5. The van der Waals surface area contributed by atoms with Crippen LogP contribution in [-0.2, 0) is 15.1 Å². The zero-order chi connectivity index (χ0) is 23.5. The molecule has 2 aromatic carbocycles. The molecule has 0 radical (unpaired) electrons. The minimum atomic E-state index is -1.17. The highest BCUT2D eigenvalue weighted by Crippen LogP contribution is 2.47. The van der Waals surface area contributed by atoms with E-state index in [-0.39, 0.29) is 24.8 Å². The van der Waals surface area contributed by atoms with Crippen LogP contribution in [0.1, 0.15) is 45.2 Å². The lowest BCUT2D eigenvalue weighted by Gasteiger charge is -2.37. The quantitative estimate of drug-likeness (QED) is 0.433. The molecular weight excluding hydrogens is 408 g/mol. The van der Waals surface area contributed by atoms with Crippen molar-refractivity contribution in [2.24, 2.45) is 17.8 Å². The van der Waals surface area contributed by atoms with Crippen LogP contribution >= 0.6 is 0 Å². The van der Waals surface area contributed by atoms with Gasteiger partial charge in [-0.25, -0.2) is 9.69 Å². The van der Waals surface area contributed by atoms with Gasteiger partial charge in [0.2, 0.25) is 12.5 Å². The Morgan fingerprint density at radius 3 is 1.94 bits per heavy atom. The maximum atomic E-state index is 13.4. The fourth-order valence-electron chi connectivity index (χ4n) is 4.59. The summed E-state index contributed by atoms with van der Waals surface area (Å²) in [5.41, 5.74) is 0.387. The average Bonchev–Trinajstić information content (AvgIpc) is 3.08. The van der Waals surface area contributed by atoms with Crippen molar-refractivity contribution in [1.82, 2.24) is 4.90 Å². The summed E-state index contributed by atoms with van der Waals surface area (Å²) >= 11 is 0. The molecule has 0 bridgehead atoms. The van der Waals surface area contributed by atoms with Gasteiger partial charge >= 0.3 is 6.09 Å². The Morgan fingerprint density at radius 2 is 1.53 bits per heavy atom. The fourth-order valence-corrected chi connectivity index (χ4v) is 4.59. The van der Waals surface area contributed by atoms with Crippen molar-refractivity contribution in [3.8, 4) is 0 Å². The first kappa shape index (κ1) is 23.4. The first-order valence-corrected chi connectivity index (χ1v) is 11.0. The third-order valence-corrected chi connectivity index (χ3v) is 6.21. The lowest BCUT2D eigenvalue weighted by atomic mass is 9.75. The van der Waals surface area contributed by atoms with Crippen molar-refractivity contribution in [3.05, 3.63) is 81.9 Å². The molecule has 0 aliphatic carbocycles. The van der Waals surface area contributed by atoms with Gasteiger partial charge in [-0.05, 0) is 11.8 Å². The Balaban J connectivity index is 2.09. The number of ether oxygens (including phenoxy) is 1. The second-order valence-electron chi connectivity index (χ2n) is 9.01. The minimum Gasteiger partial charge on any atom is -0.430 e. The van der Waals surface area contributed by atoms with Gasteiger partial charge in [0.25, 0.3) is 0 Å². The number of carbonyl (C=O) groups is 2. The van der Waals surface area contributed by atoms with Crippen LogP contribution in [0.3, 0.4) is 0 Å². The molecule has 0 spiro atoms. The van der Waals surface area contributed by atoms with Crippen LogP contribution in [0.4, 0.5) is 4.79 Å². The number of hydrogen-bond acceptors (Lipinski definition) is 5. The van der Waals surface area contributed by atoms with E-state index in [1.807, 2.05) is 88.4 Å². The molecule has 1 aliphatic heterocycles. The van der Waals surface area contributed by atoms with Crippen LogP contribution in [0.25, 0.3) is 0 Å². The summed E-state index contributed by atoms with van der Waals surface area (Å²) in [6, 6.07) is 18.3. The van der Waals surface area contributed by atoms with E-state index in [4.69, 9.17) is 4.74 Å². The zero-order valence-electron chi connectivity index (χ0n) is 18.9. The number of rotatable bonds is 8. The standard InChI is InChI=1S/C25H30N2O5/c1-17(2)19(16-26(30)31)15-22(28)27-23(18(3)4)25(32-24(27)29,20-11-7-5-8-12-20)21-13-9-6-10-14-21/h5-14,17-19,23H,15-16H2,1-4H3/t19-,23+/m1/s1. The maximum absolute atomic E-state index is 13.4. The Morgan fingerprint density at radius 1 is 1.03 bits per heavy atom. The second-order valence-corrected chi connectivity index (χ2v) is 9.01. The van der Waals surface area contributed by atoms with Gasteiger partial charge < -0.3 is 4.74 Å². The summed E-state index contributed by atoms with van der Waals surface area (Å²) in [4.78, 5) is 38.5. The van der Waals surface area contributed by atoms with Gasteiger partial charge in [-0.3, -0.25) is 14.9 Å². The largest absolute Gasteiger partial charge is 0.430 e. The van der Waals surface area contributed by atoms with E-state index < -0.39 is 34.5 Å². The van der Waals surface area contributed by atoms with E-state index in [2.05, 4.69) is 0 Å². The van der Waals surface area contributed by atoms with E-state index in [1.165, 1.54) is 4.90 Å². The normalized spacial score (nSPS) is 18.6. The number of benzene rings is 2. The summed E-state index contributed by atoms with van der Waals surface area (Å²) in [6.07, 6.45) is -0.804. The molecule has 7 nitrogen and oxygen atoms in total. The summed E-state index contributed by atoms with van der Waals surface area (Å²) < 4.78 is 6.08. The zero-order valence-corrected chi connectivity index (χ0v) is 18.9. The third kappa shape index (κ3) is 4.38. The van der Waals surface area contributed by atoms with Crippen LogP contribution in [-0.4, -0.2) is 34.4 Å². The number of cyclic esters (lactones) is 1. The van der Waals surface area contributed by atoms with Crippen LogP contribution in [0.15, 0.2) is 60.7 Å². The van der Waals surface area contributed by atoms with Gasteiger partial charge in [0.05, 0.1) is 6.04 Å². The summed E-state index contributed by atoms with van der Waals surface area (Å²) in [5.74, 6) is -1.11. The summed E-state index contributed by atoms with van der Waals surface area (Å²) in [6.45, 7) is 7.28. The molecule has 2 aromatic rings. The minimum absolute atomic E-state index is 0.0755. The summed E-state index contributed by atoms with van der Waals surface area (Å²) in [7, 11) is 0. The van der Waals surface area contributed by atoms with Crippen molar-refractivity contribution < 1.29 is 19.2 Å². The lowest BCUT2D eigenvalue weighted by molar-refractivity contribution is -0.489. The Bertz CT molecular complexity index is 919. The van der Waals surface area contributed by atoms with Crippen LogP contribution in [0.5, 0.6) is 0 Å². The van der Waals surface area contributed by atoms with Gasteiger partial charge in [-0.15, -0.1) is 0 Å². The molecule has 0 unspecified atom stereocenters. The number of hydrogen-bond donors (Lipinski definition) is 0. The number of nitrogens with zero attached hydrogens (tertiary/aromatic N) is 2. The molecule has 2 atom stereocenters. The molecule has 170 valence electrons. The predicted molar refractivity (Wildman–Crippen MR) is 120 cm³/mol. The first-order chi connectivity index (χ1) is 15.2. The molecule has 7 heteroatoms. The van der Waals surface area contributed by atoms with Gasteiger partial charge in [-0.2, -0.15) is 0 Å². The fraction of sp³-hybridized carbons (Fsp3) is 0.440. The summed E-state index contributed by atoms with van der Waals surface area (Å²) in [5, 5.41) is 11.1. The number of carbonyl (C=O) groups excluding carboxylic acids is 2. The Labute approximate surface area is 188 Å². The highest BCUT2D eigenvalue weighted by molar-refractivity contribution is 5.95. The van der Waals surface area contributed by atoms with Gasteiger partial charge in [0, 0.05) is 28.4 Å². The molecule has 0 aromatic heterocycles. The second kappa shape index (κ2) is 9.51. The van der Waals surface area contributed by atoms with E-state index in [0.717, 1.165) is 11.1 Å². The molecule has 0 saturated carbocycles. The maximum Gasteiger partial charge on any atom is 0.418 e. The molecule has 1 aliphatic rings. The van der Waals surface area contributed by atoms with Crippen molar-refractivity contribution >= 4 is 12.0 Å². The van der Waals surface area contributed by atoms with Gasteiger partial charge in [0.15, 0.2) is 5.60 Å². The van der Waals surface area contributed by atoms with E-state index in [0.29, 0.717) is 0 Å². The first-order valence-electron chi connectivity index (χ1n) is 11.0. The molecule has 1 fully saturated rings. The van der Waals surface area contributed by atoms with E-state index in [1.54, 1.807) is 0 Å². The van der Waals surface area contributed by atoms with Gasteiger partial charge in [-0.1, -0.05) is 88.4 Å². The van der Waals surface area contributed by atoms with Crippen LogP contribution in [0, 0.1) is 27.9 Å². The predicted octanol–water partition coefficient (Wildman–Crippen LogP) is 4.87. The Hall–Kier alpha value is -3.22. The smallest absolute Gasteiger partial charge is 0.418 e. The molecule has 2 amide bonds. The molecule has 0 N–H and O–H groups in total. The number of imide groups is 1. The van der Waals surface area contributed by atoms with Crippen LogP contribution < -0.4 is 0 Å². The van der Waals surface area contributed by atoms with Crippen molar-refractivity contribution in [3.63, 3.8) is 0 Å². The number of amides is 2. The number of nitro groups is 1. The molecule has 32 heavy (non-hydrogen) atoms. The molecule has 3 rings (SSSR count). The molecule has 1 heterocycles. The average molecular weight is 439 g/mol. The van der Waals surface area contributed by atoms with Crippen molar-refractivity contribution in [2.45, 2.75) is 45.8 Å². The van der Waals surface area contributed by atoms with Crippen LogP contribution in [0.2, 0.25) is 0 Å². The Kier molecular flexibility index (Phi) is 6.96. The SMILES string of the molecule is CC(C)[C@H](CC(=O)N1C(=O)OC(c2ccccc2)(c2ccccc2)[C@@H]1C(C)C)C[N+](=O)[O-]. The monoisotopic (exact) mass is 438 g/mol. The van der Waals surface area contributed by atoms with Crippen molar-refractivity contribution in [1.29, 1.82) is 0 Å². The van der Waals surface area contributed by atoms with E-state index >= 15 is 0 Å². The highest BCUT2D eigenvalue weighted by Gasteiger charge is 2.59. The van der Waals surface area contributed by atoms with Crippen molar-refractivity contribution in [2.75, 3.05) is 6.54 Å². The van der Waals surface area contributed by atoms with Gasteiger partial charge in [0.1, 0.15) is 0 Å². The highest BCUT2D eigenvalue weighted by atomic mass is 16.6. The lowest BCUT2D eigenvalue weighted by Crippen LogP contribution is -2.50. The molecule has 1 saturated heterocycles. The topological polar surface area (TPSA) is 89.8 Å².